The molecule has 0 aliphatic carbocycles. The summed E-state index contributed by atoms with van der Waals surface area (Å²) in [6.07, 6.45) is 0. The molecule has 1 amide bonds. The molecule has 2 nitrogen and oxygen atoms in total. The Balaban J connectivity index is 2.25. The molecule has 2 rings (SSSR count). The molecule has 0 aliphatic rings. The summed E-state index contributed by atoms with van der Waals surface area (Å²) in [5, 5.41) is 3.37. The molecule has 98 valence electrons. The lowest BCUT2D eigenvalue weighted by Crippen LogP contribution is -2.12. The van der Waals surface area contributed by atoms with Crippen molar-refractivity contribution in [1.82, 2.24) is 0 Å². The molecule has 0 bridgehead atoms. The van der Waals surface area contributed by atoms with Crippen LogP contribution in [-0.2, 0) is 0 Å². The minimum absolute atomic E-state index is 0.198. The standard InChI is InChI=1S/C14H10Br2ClNO/c1-8-6-10(3-5-12(8)15)18-14(19)11-7-9(17)2-4-13(11)16/h2-7H,1H3,(H,18,19). The van der Waals surface area contributed by atoms with E-state index >= 15 is 0 Å². The first-order valence-corrected chi connectivity index (χ1v) is 7.46. The number of hydrogen-bond acceptors (Lipinski definition) is 1. The number of halogens is 3. The Bertz CT molecular complexity index is 643. The molecule has 0 radical (unpaired) electrons. The first-order chi connectivity index (χ1) is 8.97. The average Bonchev–Trinajstić information content (AvgIpc) is 2.36. The van der Waals surface area contributed by atoms with Gasteiger partial charge in [0.2, 0.25) is 0 Å². The van der Waals surface area contributed by atoms with E-state index in [-0.39, 0.29) is 5.91 Å². The SMILES string of the molecule is Cc1cc(NC(=O)c2cc(Cl)ccc2Br)ccc1Br. The number of hydrogen-bond donors (Lipinski definition) is 1. The highest BCUT2D eigenvalue weighted by atomic mass is 79.9. The predicted octanol–water partition coefficient (Wildman–Crippen LogP) is 5.43. The van der Waals surface area contributed by atoms with Crippen molar-refractivity contribution < 1.29 is 4.79 Å². The van der Waals surface area contributed by atoms with Gasteiger partial charge in [0.15, 0.2) is 0 Å². The molecule has 0 fully saturated rings. The van der Waals surface area contributed by atoms with Crippen LogP contribution < -0.4 is 5.32 Å². The van der Waals surface area contributed by atoms with Gasteiger partial charge in [0, 0.05) is 19.7 Å². The minimum Gasteiger partial charge on any atom is -0.322 e. The van der Waals surface area contributed by atoms with Crippen LogP contribution in [0.4, 0.5) is 5.69 Å². The fourth-order valence-electron chi connectivity index (χ4n) is 1.59. The van der Waals surface area contributed by atoms with Gasteiger partial charge in [-0.1, -0.05) is 27.5 Å². The zero-order valence-electron chi connectivity index (χ0n) is 10.0. The monoisotopic (exact) mass is 401 g/mol. The lowest BCUT2D eigenvalue weighted by atomic mass is 10.2. The fourth-order valence-corrected chi connectivity index (χ4v) is 2.44. The van der Waals surface area contributed by atoms with E-state index in [9.17, 15) is 4.79 Å². The van der Waals surface area contributed by atoms with E-state index in [0.717, 1.165) is 15.7 Å². The number of anilines is 1. The van der Waals surface area contributed by atoms with Crippen LogP contribution in [-0.4, -0.2) is 5.91 Å². The van der Waals surface area contributed by atoms with Crippen molar-refractivity contribution in [3.8, 4) is 0 Å². The number of carbonyl (C=O) groups excluding carboxylic acids is 1. The molecule has 0 heterocycles. The van der Waals surface area contributed by atoms with Gasteiger partial charge in [-0.25, -0.2) is 0 Å². The molecule has 2 aromatic rings. The van der Waals surface area contributed by atoms with Crippen molar-refractivity contribution in [2.45, 2.75) is 6.92 Å². The van der Waals surface area contributed by atoms with Crippen LogP contribution in [0.3, 0.4) is 0 Å². The van der Waals surface area contributed by atoms with Crippen LogP contribution >= 0.6 is 43.5 Å². The largest absolute Gasteiger partial charge is 0.322 e. The summed E-state index contributed by atoms with van der Waals surface area (Å²) in [5.41, 5.74) is 2.31. The Kier molecular flexibility index (Phi) is 4.66. The number of carbonyl (C=O) groups is 1. The maximum absolute atomic E-state index is 12.2. The summed E-state index contributed by atoms with van der Waals surface area (Å²) >= 11 is 12.7. The third kappa shape index (κ3) is 3.59. The third-order valence-electron chi connectivity index (χ3n) is 2.59. The van der Waals surface area contributed by atoms with Crippen LogP contribution in [0.15, 0.2) is 45.3 Å². The van der Waals surface area contributed by atoms with E-state index in [1.807, 2.05) is 25.1 Å². The molecule has 0 atom stereocenters. The highest BCUT2D eigenvalue weighted by Gasteiger charge is 2.11. The lowest BCUT2D eigenvalue weighted by molar-refractivity contribution is 0.102. The van der Waals surface area contributed by atoms with E-state index < -0.39 is 0 Å². The Labute approximate surface area is 133 Å². The van der Waals surface area contributed by atoms with Gasteiger partial charge in [-0.2, -0.15) is 0 Å². The van der Waals surface area contributed by atoms with Crippen molar-refractivity contribution >= 4 is 55.1 Å². The maximum Gasteiger partial charge on any atom is 0.256 e. The second-order valence-corrected chi connectivity index (χ2v) is 6.19. The summed E-state index contributed by atoms with van der Waals surface area (Å²) in [6.45, 7) is 1.97. The molecular weight excluding hydrogens is 393 g/mol. The molecular formula is C14H10Br2ClNO. The van der Waals surface area contributed by atoms with Gasteiger partial charge in [-0.05, 0) is 64.8 Å². The number of amides is 1. The fraction of sp³-hybridized carbons (Fsp3) is 0.0714. The van der Waals surface area contributed by atoms with Crippen LogP contribution in [0.5, 0.6) is 0 Å². The topological polar surface area (TPSA) is 29.1 Å². The van der Waals surface area contributed by atoms with Crippen molar-refractivity contribution in [3.63, 3.8) is 0 Å². The zero-order valence-corrected chi connectivity index (χ0v) is 13.9. The Morgan fingerprint density at radius 2 is 1.79 bits per heavy atom. The molecule has 1 N–H and O–H groups in total. The molecule has 0 unspecified atom stereocenters. The van der Waals surface area contributed by atoms with Crippen molar-refractivity contribution in [3.05, 3.63) is 61.5 Å². The van der Waals surface area contributed by atoms with Gasteiger partial charge in [0.25, 0.3) is 5.91 Å². The summed E-state index contributed by atoms with van der Waals surface area (Å²) < 4.78 is 1.72. The first-order valence-electron chi connectivity index (χ1n) is 5.50. The predicted molar refractivity (Wildman–Crippen MR) is 86.0 cm³/mol. The number of aryl methyl sites for hydroxylation is 1. The van der Waals surface area contributed by atoms with E-state index in [2.05, 4.69) is 37.2 Å². The molecule has 5 heteroatoms. The first kappa shape index (κ1) is 14.6. The smallest absolute Gasteiger partial charge is 0.256 e. The van der Waals surface area contributed by atoms with Gasteiger partial charge >= 0.3 is 0 Å². The molecule has 0 saturated carbocycles. The quantitative estimate of drug-likeness (QED) is 0.712. The summed E-state index contributed by atoms with van der Waals surface area (Å²) in [6, 6.07) is 10.8. The summed E-state index contributed by atoms with van der Waals surface area (Å²) in [5.74, 6) is -0.198. The summed E-state index contributed by atoms with van der Waals surface area (Å²) in [7, 11) is 0. The van der Waals surface area contributed by atoms with Gasteiger partial charge in [-0.3, -0.25) is 4.79 Å². The Morgan fingerprint density at radius 3 is 2.47 bits per heavy atom. The molecule has 0 aliphatic heterocycles. The lowest BCUT2D eigenvalue weighted by Gasteiger charge is -2.08. The van der Waals surface area contributed by atoms with E-state index in [4.69, 9.17) is 11.6 Å². The highest BCUT2D eigenvalue weighted by molar-refractivity contribution is 9.10. The van der Waals surface area contributed by atoms with Gasteiger partial charge in [0.1, 0.15) is 0 Å². The molecule has 0 aromatic heterocycles. The second-order valence-electron chi connectivity index (χ2n) is 4.04. The van der Waals surface area contributed by atoms with Gasteiger partial charge < -0.3 is 5.32 Å². The third-order valence-corrected chi connectivity index (χ3v) is 4.41. The van der Waals surface area contributed by atoms with Crippen LogP contribution in [0.1, 0.15) is 15.9 Å². The summed E-state index contributed by atoms with van der Waals surface area (Å²) in [4.78, 5) is 12.2. The molecule has 0 spiro atoms. The number of benzene rings is 2. The normalized spacial score (nSPS) is 10.3. The number of nitrogens with one attached hydrogen (secondary N) is 1. The average molecular weight is 404 g/mol. The van der Waals surface area contributed by atoms with Crippen LogP contribution in [0.2, 0.25) is 5.02 Å². The van der Waals surface area contributed by atoms with E-state index in [1.165, 1.54) is 0 Å². The highest BCUT2D eigenvalue weighted by Crippen LogP contribution is 2.24. The second kappa shape index (κ2) is 6.07. The molecule has 0 saturated heterocycles. The number of rotatable bonds is 2. The van der Waals surface area contributed by atoms with E-state index in [1.54, 1.807) is 18.2 Å². The Morgan fingerprint density at radius 1 is 1.11 bits per heavy atom. The van der Waals surface area contributed by atoms with Gasteiger partial charge in [0.05, 0.1) is 5.56 Å². The maximum atomic E-state index is 12.2. The van der Waals surface area contributed by atoms with Gasteiger partial charge in [-0.15, -0.1) is 0 Å². The van der Waals surface area contributed by atoms with Crippen molar-refractivity contribution in [2.75, 3.05) is 5.32 Å². The van der Waals surface area contributed by atoms with Crippen LogP contribution in [0, 0.1) is 6.92 Å². The molecule has 2 aromatic carbocycles. The van der Waals surface area contributed by atoms with E-state index in [0.29, 0.717) is 15.1 Å². The zero-order chi connectivity index (χ0) is 14.0. The van der Waals surface area contributed by atoms with Crippen molar-refractivity contribution in [2.24, 2.45) is 0 Å². The minimum atomic E-state index is -0.198. The Hall–Kier alpha value is -0.840. The molecule has 19 heavy (non-hydrogen) atoms. The van der Waals surface area contributed by atoms with Crippen LogP contribution in [0.25, 0.3) is 0 Å². The van der Waals surface area contributed by atoms with Crippen molar-refractivity contribution in [1.29, 1.82) is 0 Å².